The molecule has 2 aromatic carbocycles. The van der Waals surface area contributed by atoms with Crippen LogP contribution in [0.5, 0.6) is 5.75 Å². The van der Waals surface area contributed by atoms with E-state index >= 15 is 0 Å². The van der Waals surface area contributed by atoms with E-state index in [9.17, 15) is 4.79 Å². The highest BCUT2D eigenvalue weighted by Crippen LogP contribution is 2.44. The van der Waals surface area contributed by atoms with Crippen LogP contribution in [0, 0.1) is 5.92 Å². The third-order valence-corrected chi connectivity index (χ3v) is 5.23. The molecule has 1 aliphatic carbocycles. The SMILES string of the molecule is CCC(=O)N1N=C2c3cc(OC)ccc3CC[C@H]2[C@@H]1c1ccccc1. The van der Waals surface area contributed by atoms with Crippen molar-refractivity contribution in [2.75, 3.05) is 7.11 Å². The number of hydrogen-bond acceptors (Lipinski definition) is 3. The molecule has 0 N–H and O–H groups in total. The van der Waals surface area contributed by atoms with Crippen LogP contribution in [0.4, 0.5) is 0 Å². The lowest BCUT2D eigenvalue weighted by atomic mass is 9.77. The number of carbonyl (C=O) groups excluding carboxylic acids is 1. The lowest BCUT2D eigenvalue weighted by Crippen LogP contribution is -2.31. The smallest absolute Gasteiger partial charge is 0.242 e. The third kappa shape index (κ3) is 2.62. The minimum Gasteiger partial charge on any atom is -0.497 e. The van der Waals surface area contributed by atoms with Gasteiger partial charge in [0, 0.05) is 17.9 Å². The first-order valence-corrected chi connectivity index (χ1v) is 8.85. The van der Waals surface area contributed by atoms with Gasteiger partial charge in [0.2, 0.25) is 5.91 Å². The minimum absolute atomic E-state index is 0.0111. The summed E-state index contributed by atoms with van der Waals surface area (Å²) >= 11 is 0. The Hall–Kier alpha value is -2.62. The van der Waals surface area contributed by atoms with Crippen LogP contribution >= 0.6 is 0 Å². The molecule has 0 radical (unpaired) electrons. The number of aryl methyl sites for hydroxylation is 1. The summed E-state index contributed by atoms with van der Waals surface area (Å²) in [4.78, 5) is 12.6. The van der Waals surface area contributed by atoms with Crippen molar-refractivity contribution in [3.8, 4) is 5.75 Å². The van der Waals surface area contributed by atoms with Crippen molar-refractivity contribution in [2.24, 2.45) is 11.0 Å². The Morgan fingerprint density at radius 3 is 2.76 bits per heavy atom. The summed E-state index contributed by atoms with van der Waals surface area (Å²) in [5.41, 5.74) is 4.59. The molecule has 4 rings (SSSR count). The summed E-state index contributed by atoms with van der Waals surface area (Å²) in [6.07, 6.45) is 2.46. The van der Waals surface area contributed by atoms with Gasteiger partial charge in [-0.25, -0.2) is 5.01 Å². The lowest BCUT2D eigenvalue weighted by molar-refractivity contribution is -0.133. The van der Waals surface area contributed by atoms with Crippen LogP contribution in [0.3, 0.4) is 0 Å². The first-order chi connectivity index (χ1) is 12.2. The normalized spacial score (nSPS) is 21.4. The molecule has 0 saturated carbocycles. The highest BCUT2D eigenvalue weighted by molar-refractivity contribution is 6.07. The Labute approximate surface area is 148 Å². The van der Waals surface area contributed by atoms with Crippen LogP contribution in [-0.2, 0) is 11.2 Å². The Bertz CT molecular complexity index is 829. The second kappa shape index (κ2) is 6.36. The average molecular weight is 334 g/mol. The number of amides is 1. The molecule has 0 saturated heterocycles. The molecule has 4 nitrogen and oxygen atoms in total. The van der Waals surface area contributed by atoms with E-state index in [4.69, 9.17) is 9.84 Å². The number of fused-ring (bicyclic) bond motifs is 3. The molecule has 25 heavy (non-hydrogen) atoms. The molecule has 128 valence electrons. The predicted molar refractivity (Wildman–Crippen MR) is 97.7 cm³/mol. The van der Waals surface area contributed by atoms with E-state index in [0.29, 0.717) is 6.42 Å². The van der Waals surface area contributed by atoms with Gasteiger partial charge in [0.05, 0.1) is 18.9 Å². The van der Waals surface area contributed by atoms with Crippen LogP contribution in [-0.4, -0.2) is 23.7 Å². The van der Waals surface area contributed by atoms with Crippen LogP contribution in [0.15, 0.2) is 53.6 Å². The van der Waals surface area contributed by atoms with E-state index < -0.39 is 0 Å². The van der Waals surface area contributed by atoms with Crippen LogP contribution in [0.2, 0.25) is 0 Å². The van der Waals surface area contributed by atoms with Gasteiger partial charge in [-0.3, -0.25) is 4.79 Å². The average Bonchev–Trinajstić information content (AvgIpc) is 3.07. The van der Waals surface area contributed by atoms with Gasteiger partial charge in [0.25, 0.3) is 0 Å². The van der Waals surface area contributed by atoms with Gasteiger partial charge >= 0.3 is 0 Å². The number of nitrogens with zero attached hydrogens (tertiary/aromatic N) is 2. The van der Waals surface area contributed by atoms with Gasteiger partial charge in [-0.2, -0.15) is 5.10 Å². The molecule has 0 aromatic heterocycles. The topological polar surface area (TPSA) is 41.9 Å². The van der Waals surface area contributed by atoms with Crippen LogP contribution in [0.25, 0.3) is 0 Å². The fourth-order valence-electron chi connectivity index (χ4n) is 3.97. The maximum absolute atomic E-state index is 12.6. The van der Waals surface area contributed by atoms with Gasteiger partial charge in [-0.15, -0.1) is 0 Å². The number of hydrogen-bond donors (Lipinski definition) is 0. The van der Waals surface area contributed by atoms with E-state index in [0.717, 1.165) is 35.4 Å². The van der Waals surface area contributed by atoms with Crippen molar-refractivity contribution in [2.45, 2.75) is 32.2 Å². The van der Waals surface area contributed by atoms with Crippen LogP contribution in [0.1, 0.15) is 42.5 Å². The number of ether oxygens (including phenoxy) is 1. The van der Waals surface area contributed by atoms with Gasteiger partial charge < -0.3 is 4.74 Å². The van der Waals surface area contributed by atoms with Gasteiger partial charge in [0.15, 0.2) is 0 Å². The van der Waals surface area contributed by atoms with E-state index in [-0.39, 0.29) is 17.9 Å². The summed E-state index contributed by atoms with van der Waals surface area (Å²) in [5.74, 6) is 1.14. The molecule has 2 aliphatic rings. The van der Waals surface area contributed by atoms with Gasteiger partial charge in [0.1, 0.15) is 5.75 Å². The van der Waals surface area contributed by atoms with Crippen molar-refractivity contribution < 1.29 is 9.53 Å². The standard InChI is InChI=1S/C21H22N2O2/c1-3-19(24)23-21(15-7-5-4-6-8-15)17-12-10-14-9-11-16(25-2)13-18(14)20(17)22-23/h4-9,11,13,17,21H,3,10,12H2,1-2H3/t17-,21+/m1/s1. The minimum atomic E-state index is -0.0111. The largest absolute Gasteiger partial charge is 0.497 e. The molecule has 4 heteroatoms. The fourth-order valence-corrected chi connectivity index (χ4v) is 3.97. The molecule has 1 aliphatic heterocycles. The number of benzene rings is 2. The molecular formula is C21H22N2O2. The predicted octanol–water partition coefficient (Wildman–Crippen LogP) is 3.96. The zero-order chi connectivity index (χ0) is 17.4. The van der Waals surface area contributed by atoms with Crippen LogP contribution < -0.4 is 4.74 Å². The van der Waals surface area contributed by atoms with Crippen molar-refractivity contribution >= 4 is 11.6 Å². The monoisotopic (exact) mass is 334 g/mol. The second-order valence-corrected chi connectivity index (χ2v) is 6.60. The Balaban J connectivity index is 1.81. The van der Waals surface area contributed by atoms with Crippen molar-refractivity contribution in [3.05, 3.63) is 65.2 Å². The highest BCUT2D eigenvalue weighted by Gasteiger charge is 2.43. The maximum Gasteiger partial charge on any atom is 0.242 e. The number of methoxy groups -OCH3 is 1. The molecule has 1 heterocycles. The summed E-state index contributed by atoms with van der Waals surface area (Å²) in [7, 11) is 1.68. The Morgan fingerprint density at radius 2 is 2.04 bits per heavy atom. The zero-order valence-electron chi connectivity index (χ0n) is 14.6. The Kier molecular flexibility index (Phi) is 4.04. The number of carbonyl (C=O) groups is 1. The molecule has 0 bridgehead atoms. The van der Waals surface area contributed by atoms with Crippen molar-refractivity contribution in [1.29, 1.82) is 0 Å². The first kappa shape index (κ1) is 15.9. The molecule has 2 aromatic rings. The van der Waals surface area contributed by atoms with E-state index in [1.165, 1.54) is 5.56 Å². The second-order valence-electron chi connectivity index (χ2n) is 6.60. The maximum atomic E-state index is 12.6. The lowest BCUT2D eigenvalue weighted by Gasteiger charge is -2.29. The zero-order valence-corrected chi connectivity index (χ0v) is 14.6. The van der Waals surface area contributed by atoms with Gasteiger partial charge in [-0.05, 0) is 36.1 Å². The molecule has 0 unspecified atom stereocenters. The molecule has 0 fully saturated rings. The molecular weight excluding hydrogens is 312 g/mol. The highest BCUT2D eigenvalue weighted by atomic mass is 16.5. The quantitative estimate of drug-likeness (QED) is 0.853. The summed E-state index contributed by atoms with van der Waals surface area (Å²) < 4.78 is 5.40. The third-order valence-electron chi connectivity index (χ3n) is 5.23. The summed E-state index contributed by atoms with van der Waals surface area (Å²) in [5, 5.41) is 6.51. The Morgan fingerprint density at radius 1 is 1.24 bits per heavy atom. The van der Waals surface area contributed by atoms with Crippen molar-refractivity contribution in [1.82, 2.24) is 5.01 Å². The summed E-state index contributed by atoms with van der Waals surface area (Å²) in [6.45, 7) is 1.89. The summed E-state index contributed by atoms with van der Waals surface area (Å²) in [6, 6.07) is 16.4. The number of rotatable bonds is 3. The van der Waals surface area contributed by atoms with Crippen molar-refractivity contribution in [3.63, 3.8) is 0 Å². The number of hydrazone groups is 1. The van der Waals surface area contributed by atoms with E-state index in [2.05, 4.69) is 24.3 Å². The van der Waals surface area contributed by atoms with E-state index in [1.54, 1.807) is 12.1 Å². The first-order valence-electron chi connectivity index (χ1n) is 8.85. The molecule has 2 atom stereocenters. The molecule has 0 spiro atoms. The fraction of sp³-hybridized carbons (Fsp3) is 0.333. The van der Waals surface area contributed by atoms with E-state index in [1.807, 2.05) is 31.2 Å². The molecule has 1 amide bonds. The van der Waals surface area contributed by atoms with Gasteiger partial charge in [-0.1, -0.05) is 43.3 Å².